The lowest BCUT2D eigenvalue weighted by Crippen LogP contribution is -2.23. The molecule has 0 saturated heterocycles. The molecular weight excluding hydrogens is 202 g/mol. The molecule has 0 atom stereocenters. The predicted octanol–water partition coefficient (Wildman–Crippen LogP) is 2.14. The zero-order chi connectivity index (χ0) is 9.52. The van der Waals surface area contributed by atoms with Crippen molar-refractivity contribution >= 4 is 18.1 Å². The lowest BCUT2D eigenvalue weighted by Gasteiger charge is -2.14. The normalized spacial score (nSPS) is 9.64. The SMILES string of the molecule is COC(CNc1ccccc1)OC.Cl. The van der Waals surface area contributed by atoms with E-state index in [9.17, 15) is 0 Å². The summed E-state index contributed by atoms with van der Waals surface area (Å²) in [6.45, 7) is 0.650. The van der Waals surface area contributed by atoms with E-state index in [-0.39, 0.29) is 18.7 Å². The Hall–Kier alpha value is -0.770. The van der Waals surface area contributed by atoms with Crippen molar-refractivity contribution in [1.29, 1.82) is 0 Å². The van der Waals surface area contributed by atoms with Gasteiger partial charge < -0.3 is 14.8 Å². The maximum atomic E-state index is 5.04. The summed E-state index contributed by atoms with van der Waals surface area (Å²) in [7, 11) is 3.25. The van der Waals surface area contributed by atoms with Crippen LogP contribution in [0, 0.1) is 0 Å². The van der Waals surface area contributed by atoms with Crippen LogP contribution in [0.15, 0.2) is 30.3 Å². The molecule has 0 aliphatic rings. The molecule has 0 spiro atoms. The first-order valence-electron chi connectivity index (χ1n) is 4.21. The smallest absolute Gasteiger partial charge is 0.173 e. The van der Waals surface area contributed by atoms with Gasteiger partial charge in [0.25, 0.3) is 0 Å². The third kappa shape index (κ3) is 4.46. The summed E-state index contributed by atoms with van der Waals surface area (Å²) >= 11 is 0. The van der Waals surface area contributed by atoms with Crippen molar-refractivity contribution in [2.45, 2.75) is 6.29 Å². The fraction of sp³-hybridized carbons (Fsp3) is 0.400. The van der Waals surface area contributed by atoms with Gasteiger partial charge in [-0.25, -0.2) is 0 Å². The van der Waals surface area contributed by atoms with E-state index in [0.29, 0.717) is 6.54 Å². The van der Waals surface area contributed by atoms with Gasteiger partial charge in [-0.2, -0.15) is 0 Å². The van der Waals surface area contributed by atoms with Crippen molar-refractivity contribution in [3.63, 3.8) is 0 Å². The van der Waals surface area contributed by atoms with Crippen LogP contribution < -0.4 is 5.32 Å². The molecule has 1 N–H and O–H groups in total. The highest BCUT2D eigenvalue weighted by Gasteiger charge is 2.02. The predicted molar refractivity (Wildman–Crippen MR) is 60.0 cm³/mol. The summed E-state index contributed by atoms with van der Waals surface area (Å²) < 4.78 is 10.1. The Balaban J connectivity index is 0.00000169. The van der Waals surface area contributed by atoms with Gasteiger partial charge >= 0.3 is 0 Å². The minimum atomic E-state index is -0.194. The molecule has 0 amide bonds. The number of methoxy groups -OCH3 is 2. The van der Waals surface area contributed by atoms with E-state index in [1.165, 1.54) is 0 Å². The second-order valence-corrected chi connectivity index (χ2v) is 2.65. The Morgan fingerprint density at radius 1 is 1.14 bits per heavy atom. The maximum absolute atomic E-state index is 5.04. The minimum Gasteiger partial charge on any atom is -0.380 e. The third-order valence-electron chi connectivity index (χ3n) is 1.77. The number of para-hydroxylation sites is 1. The van der Waals surface area contributed by atoms with Crippen LogP contribution in [0.25, 0.3) is 0 Å². The van der Waals surface area contributed by atoms with Gasteiger partial charge in [-0.1, -0.05) is 18.2 Å². The first kappa shape index (κ1) is 13.2. The van der Waals surface area contributed by atoms with Crippen molar-refractivity contribution in [3.05, 3.63) is 30.3 Å². The number of hydrogen-bond acceptors (Lipinski definition) is 3. The first-order chi connectivity index (χ1) is 6.36. The van der Waals surface area contributed by atoms with Crippen molar-refractivity contribution in [3.8, 4) is 0 Å². The molecule has 0 unspecified atom stereocenters. The molecule has 3 nitrogen and oxygen atoms in total. The van der Waals surface area contributed by atoms with Crippen LogP contribution in [0.2, 0.25) is 0 Å². The number of ether oxygens (including phenoxy) is 2. The molecule has 80 valence electrons. The van der Waals surface area contributed by atoms with Crippen LogP contribution in [0.3, 0.4) is 0 Å². The lowest BCUT2D eigenvalue weighted by molar-refractivity contribution is -0.0914. The van der Waals surface area contributed by atoms with E-state index < -0.39 is 0 Å². The summed E-state index contributed by atoms with van der Waals surface area (Å²) in [4.78, 5) is 0. The summed E-state index contributed by atoms with van der Waals surface area (Å²) in [5.74, 6) is 0. The second-order valence-electron chi connectivity index (χ2n) is 2.65. The van der Waals surface area contributed by atoms with E-state index in [2.05, 4.69) is 5.32 Å². The topological polar surface area (TPSA) is 30.5 Å². The third-order valence-corrected chi connectivity index (χ3v) is 1.77. The summed E-state index contributed by atoms with van der Waals surface area (Å²) in [5.41, 5.74) is 1.07. The van der Waals surface area contributed by atoms with Gasteiger partial charge in [-0.3, -0.25) is 0 Å². The minimum absolute atomic E-state index is 0. The Morgan fingerprint density at radius 2 is 1.71 bits per heavy atom. The van der Waals surface area contributed by atoms with Crippen LogP contribution >= 0.6 is 12.4 Å². The summed E-state index contributed by atoms with van der Waals surface area (Å²) in [6.07, 6.45) is -0.194. The lowest BCUT2D eigenvalue weighted by atomic mass is 10.3. The van der Waals surface area contributed by atoms with Gasteiger partial charge in [-0.05, 0) is 12.1 Å². The molecule has 0 bridgehead atoms. The van der Waals surface area contributed by atoms with Gasteiger partial charge in [0.1, 0.15) is 0 Å². The largest absolute Gasteiger partial charge is 0.380 e. The van der Waals surface area contributed by atoms with Crippen LogP contribution in [-0.4, -0.2) is 27.1 Å². The van der Waals surface area contributed by atoms with Gasteiger partial charge in [-0.15, -0.1) is 12.4 Å². The highest BCUT2D eigenvalue weighted by molar-refractivity contribution is 5.85. The van der Waals surface area contributed by atoms with Crippen molar-refractivity contribution < 1.29 is 9.47 Å². The van der Waals surface area contributed by atoms with E-state index >= 15 is 0 Å². The molecule has 0 saturated carbocycles. The fourth-order valence-corrected chi connectivity index (χ4v) is 1.02. The zero-order valence-corrected chi connectivity index (χ0v) is 9.21. The molecular formula is C10H16ClNO2. The van der Waals surface area contributed by atoms with Crippen LogP contribution in [0.5, 0.6) is 0 Å². The van der Waals surface area contributed by atoms with Crippen molar-refractivity contribution in [2.75, 3.05) is 26.1 Å². The number of hydrogen-bond donors (Lipinski definition) is 1. The van der Waals surface area contributed by atoms with Gasteiger partial charge in [0, 0.05) is 19.9 Å². The van der Waals surface area contributed by atoms with E-state index in [0.717, 1.165) is 5.69 Å². The molecule has 4 heteroatoms. The van der Waals surface area contributed by atoms with Crippen LogP contribution in [0.1, 0.15) is 0 Å². The maximum Gasteiger partial charge on any atom is 0.173 e. The first-order valence-corrected chi connectivity index (χ1v) is 4.21. The quantitative estimate of drug-likeness (QED) is 0.767. The molecule has 1 aromatic rings. The second kappa shape index (κ2) is 7.62. The molecule has 1 aromatic carbocycles. The van der Waals surface area contributed by atoms with E-state index in [4.69, 9.17) is 9.47 Å². The monoisotopic (exact) mass is 217 g/mol. The molecule has 0 fully saturated rings. The van der Waals surface area contributed by atoms with Gasteiger partial charge in [0.15, 0.2) is 6.29 Å². The molecule has 0 aliphatic heterocycles. The Kier molecular flexibility index (Phi) is 7.20. The van der Waals surface area contributed by atoms with Crippen molar-refractivity contribution in [1.82, 2.24) is 0 Å². The van der Waals surface area contributed by atoms with Crippen molar-refractivity contribution in [2.24, 2.45) is 0 Å². The van der Waals surface area contributed by atoms with E-state index in [1.54, 1.807) is 14.2 Å². The Bertz CT molecular complexity index is 227. The molecule has 14 heavy (non-hydrogen) atoms. The van der Waals surface area contributed by atoms with Gasteiger partial charge in [0.2, 0.25) is 0 Å². The Labute approximate surface area is 90.8 Å². The van der Waals surface area contributed by atoms with Gasteiger partial charge in [0.05, 0.1) is 6.54 Å². The summed E-state index contributed by atoms with van der Waals surface area (Å²) in [6, 6.07) is 9.95. The summed E-state index contributed by atoms with van der Waals surface area (Å²) in [5, 5.41) is 3.20. The van der Waals surface area contributed by atoms with Crippen LogP contribution in [0.4, 0.5) is 5.69 Å². The number of halogens is 1. The van der Waals surface area contributed by atoms with E-state index in [1.807, 2.05) is 30.3 Å². The molecule has 0 aromatic heterocycles. The molecule has 0 radical (unpaired) electrons. The fourth-order valence-electron chi connectivity index (χ4n) is 1.02. The average Bonchev–Trinajstić information content (AvgIpc) is 2.21. The number of anilines is 1. The molecule has 1 rings (SSSR count). The zero-order valence-electron chi connectivity index (χ0n) is 8.40. The highest BCUT2D eigenvalue weighted by atomic mass is 35.5. The molecule has 0 aliphatic carbocycles. The van der Waals surface area contributed by atoms with Crippen LogP contribution in [-0.2, 0) is 9.47 Å². The highest BCUT2D eigenvalue weighted by Crippen LogP contribution is 2.05. The Morgan fingerprint density at radius 3 is 2.21 bits per heavy atom. The standard InChI is InChI=1S/C10H15NO2.ClH/c1-12-10(13-2)8-11-9-6-4-3-5-7-9;/h3-7,10-11H,8H2,1-2H3;1H. The average molecular weight is 218 g/mol. The number of rotatable bonds is 5. The molecule has 0 heterocycles. The number of nitrogens with one attached hydrogen (secondary N) is 1. The number of benzene rings is 1.